The van der Waals surface area contributed by atoms with E-state index in [4.69, 9.17) is 79.8 Å². The second-order valence-electron chi connectivity index (χ2n) is 5.77. The van der Waals surface area contributed by atoms with Gasteiger partial charge in [0.25, 0.3) is 0 Å². The highest BCUT2D eigenvalue weighted by Gasteiger charge is 2.33. The number of nitrogens with one attached hydrogen (secondary N) is 2. The van der Waals surface area contributed by atoms with Crippen LogP contribution in [0.2, 0.25) is 0 Å². The summed E-state index contributed by atoms with van der Waals surface area (Å²) >= 11 is 35.3. The molecule has 0 aliphatic carbocycles. The van der Waals surface area contributed by atoms with Gasteiger partial charge in [-0.15, -0.1) is 0 Å². The van der Waals surface area contributed by atoms with Gasteiger partial charge in [-0.3, -0.25) is 0 Å². The first kappa shape index (κ1) is 25.5. The van der Waals surface area contributed by atoms with Crippen LogP contribution < -0.4 is 10.6 Å². The number of halogens is 6. The van der Waals surface area contributed by atoms with Crippen LogP contribution in [-0.4, -0.2) is 51.5 Å². The molecule has 30 heavy (non-hydrogen) atoms. The Hall–Kier alpha value is -0.770. The first-order valence-electron chi connectivity index (χ1n) is 8.46. The second-order valence-corrected chi connectivity index (χ2v) is 10.3. The van der Waals surface area contributed by atoms with Crippen LogP contribution in [0.25, 0.3) is 12.2 Å². The first-order chi connectivity index (χ1) is 14.0. The minimum absolute atomic E-state index is 0.00247. The third-order valence-electron chi connectivity index (χ3n) is 3.49. The van der Waals surface area contributed by atoms with Crippen molar-refractivity contribution < 1.29 is 10.2 Å². The van der Waals surface area contributed by atoms with E-state index in [1.165, 1.54) is 0 Å². The summed E-state index contributed by atoms with van der Waals surface area (Å²) in [5, 5.41) is 24.3. The lowest BCUT2D eigenvalue weighted by Gasteiger charge is -2.15. The Kier molecular flexibility index (Phi) is 9.52. The van der Waals surface area contributed by atoms with Crippen LogP contribution in [0.4, 0.5) is 11.4 Å². The van der Waals surface area contributed by atoms with Crippen LogP contribution in [0.1, 0.15) is 23.0 Å². The number of rotatable bonds is 8. The fourth-order valence-corrected chi connectivity index (χ4v) is 2.75. The molecule has 0 aliphatic rings. The maximum absolute atomic E-state index is 9.12. The molecular formula is C17H17Cl6N5O2. The van der Waals surface area contributed by atoms with Gasteiger partial charge in [0.05, 0.1) is 13.2 Å². The Morgan fingerprint density at radius 1 is 0.800 bits per heavy atom. The number of aromatic nitrogens is 3. The molecule has 0 saturated carbocycles. The Labute approximate surface area is 203 Å². The molecule has 2 aromatic rings. The molecule has 13 heteroatoms. The molecule has 0 spiro atoms. The second kappa shape index (κ2) is 11.2. The Balaban J connectivity index is 2.42. The standard InChI is InChI=1S/C17H17Cl6N5O2/c18-16(19,20)14-26-13(27-15(28-14)17(21,22)23)4-2-10-1-3-11(24-5-7-29)9-12(10)25-6-8-30/h1-4,9,24-25,29-30H,5-8H2. The Bertz CT molecular complexity index is 854. The summed E-state index contributed by atoms with van der Waals surface area (Å²) in [5.74, 6) is -0.264. The van der Waals surface area contributed by atoms with Crippen molar-refractivity contribution in [3.05, 3.63) is 41.2 Å². The number of benzene rings is 1. The average Bonchev–Trinajstić information content (AvgIpc) is 2.68. The van der Waals surface area contributed by atoms with Crippen LogP contribution in [0.15, 0.2) is 18.2 Å². The molecule has 164 valence electrons. The molecule has 0 atom stereocenters. The predicted molar refractivity (Wildman–Crippen MR) is 125 cm³/mol. The van der Waals surface area contributed by atoms with Crippen molar-refractivity contribution in [1.82, 2.24) is 15.0 Å². The van der Waals surface area contributed by atoms with Gasteiger partial charge in [-0.1, -0.05) is 75.7 Å². The summed E-state index contributed by atoms with van der Waals surface area (Å²) in [6, 6.07) is 5.48. The van der Waals surface area contributed by atoms with Gasteiger partial charge < -0.3 is 20.8 Å². The van der Waals surface area contributed by atoms with E-state index in [1.54, 1.807) is 12.2 Å². The lowest BCUT2D eigenvalue weighted by molar-refractivity contribution is 0.311. The van der Waals surface area contributed by atoms with Crippen molar-refractivity contribution in [2.45, 2.75) is 7.59 Å². The van der Waals surface area contributed by atoms with Crippen molar-refractivity contribution in [3.63, 3.8) is 0 Å². The molecule has 0 radical (unpaired) electrons. The quantitative estimate of drug-likeness (QED) is 0.369. The SMILES string of the molecule is OCCNc1ccc(C=Cc2nc(C(Cl)(Cl)Cl)nc(C(Cl)(Cl)Cl)n2)c(NCCO)c1. The van der Waals surface area contributed by atoms with Crippen LogP contribution in [-0.2, 0) is 7.59 Å². The molecule has 0 unspecified atom stereocenters. The summed E-state index contributed by atoms with van der Waals surface area (Å²) in [6.07, 6.45) is 3.25. The van der Waals surface area contributed by atoms with E-state index in [-0.39, 0.29) is 30.7 Å². The highest BCUT2D eigenvalue weighted by molar-refractivity contribution is 6.67. The van der Waals surface area contributed by atoms with Gasteiger partial charge in [0.1, 0.15) is 0 Å². The zero-order valence-electron chi connectivity index (χ0n) is 15.2. The van der Waals surface area contributed by atoms with E-state index in [1.807, 2.05) is 18.2 Å². The number of aliphatic hydroxyl groups is 2. The maximum Gasteiger partial charge on any atom is 0.250 e. The van der Waals surface area contributed by atoms with Gasteiger partial charge in [-0.25, -0.2) is 15.0 Å². The third kappa shape index (κ3) is 7.73. The molecule has 0 aliphatic heterocycles. The summed E-state index contributed by atoms with van der Waals surface area (Å²) in [5.41, 5.74) is 2.27. The van der Waals surface area contributed by atoms with Crippen LogP contribution in [0.3, 0.4) is 0 Å². The highest BCUT2D eigenvalue weighted by atomic mass is 35.6. The van der Waals surface area contributed by atoms with Gasteiger partial charge in [-0.05, 0) is 29.8 Å². The first-order valence-corrected chi connectivity index (χ1v) is 10.7. The van der Waals surface area contributed by atoms with Crippen molar-refractivity contribution in [2.24, 2.45) is 0 Å². The van der Waals surface area contributed by atoms with E-state index in [2.05, 4.69) is 25.6 Å². The lowest BCUT2D eigenvalue weighted by atomic mass is 10.1. The molecular weight excluding hydrogens is 519 g/mol. The number of hydrogen-bond acceptors (Lipinski definition) is 7. The molecule has 2 rings (SSSR count). The van der Waals surface area contributed by atoms with Gasteiger partial charge >= 0.3 is 0 Å². The normalized spacial score (nSPS) is 12.4. The van der Waals surface area contributed by atoms with E-state index >= 15 is 0 Å². The van der Waals surface area contributed by atoms with Gasteiger partial charge in [0, 0.05) is 24.5 Å². The molecule has 1 aromatic carbocycles. The van der Waals surface area contributed by atoms with Crippen molar-refractivity contribution in [2.75, 3.05) is 36.9 Å². The van der Waals surface area contributed by atoms with E-state index < -0.39 is 7.59 Å². The van der Waals surface area contributed by atoms with E-state index in [9.17, 15) is 0 Å². The van der Waals surface area contributed by atoms with Crippen LogP contribution in [0, 0.1) is 0 Å². The van der Waals surface area contributed by atoms with Crippen molar-refractivity contribution >= 4 is 93.1 Å². The monoisotopic (exact) mass is 533 g/mol. The largest absolute Gasteiger partial charge is 0.395 e. The fourth-order valence-electron chi connectivity index (χ4n) is 2.24. The van der Waals surface area contributed by atoms with Crippen molar-refractivity contribution in [3.8, 4) is 0 Å². The number of anilines is 2. The maximum atomic E-state index is 9.12. The zero-order valence-corrected chi connectivity index (χ0v) is 19.8. The minimum atomic E-state index is -1.94. The summed E-state index contributed by atoms with van der Waals surface area (Å²) in [6.45, 7) is 0.686. The zero-order chi connectivity index (χ0) is 22.4. The molecule has 7 nitrogen and oxygen atoms in total. The van der Waals surface area contributed by atoms with Crippen LogP contribution >= 0.6 is 69.6 Å². The number of nitrogens with zero attached hydrogens (tertiary/aromatic N) is 3. The summed E-state index contributed by atoms with van der Waals surface area (Å²) in [4.78, 5) is 12.1. The Morgan fingerprint density at radius 3 is 1.90 bits per heavy atom. The molecule has 1 heterocycles. The van der Waals surface area contributed by atoms with Crippen LogP contribution in [0.5, 0.6) is 0 Å². The third-order valence-corrected chi connectivity index (χ3v) is 4.51. The molecule has 0 bridgehead atoms. The van der Waals surface area contributed by atoms with Gasteiger partial charge in [0.15, 0.2) is 17.5 Å². The fraction of sp³-hybridized carbons (Fsp3) is 0.353. The number of aliphatic hydroxyl groups excluding tert-OH is 2. The van der Waals surface area contributed by atoms with Crippen molar-refractivity contribution in [1.29, 1.82) is 0 Å². The topological polar surface area (TPSA) is 103 Å². The highest BCUT2D eigenvalue weighted by Crippen LogP contribution is 2.40. The minimum Gasteiger partial charge on any atom is -0.395 e. The summed E-state index contributed by atoms with van der Waals surface area (Å²) in [7, 11) is 0. The molecule has 0 saturated heterocycles. The molecule has 4 N–H and O–H groups in total. The molecule has 1 aromatic heterocycles. The Morgan fingerprint density at radius 2 is 1.37 bits per heavy atom. The molecule has 0 amide bonds. The van der Waals surface area contributed by atoms with Gasteiger partial charge in [0.2, 0.25) is 7.59 Å². The van der Waals surface area contributed by atoms with E-state index in [0.717, 1.165) is 16.9 Å². The molecule has 0 fully saturated rings. The number of alkyl halides is 6. The van der Waals surface area contributed by atoms with Gasteiger partial charge in [-0.2, -0.15) is 0 Å². The van der Waals surface area contributed by atoms with E-state index in [0.29, 0.717) is 13.1 Å². The predicted octanol–water partition coefficient (Wildman–Crippen LogP) is 4.50. The lowest BCUT2D eigenvalue weighted by Crippen LogP contribution is -2.17. The summed E-state index contributed by atoms with van der Waals surface area (Å²) < 4.78 is -3.88. The number of hydrogen-bond donors (Lipinski definition) is 4. The smallest absolute Gasteiger partial charge is 0.250 e. The average molecular weight is 536 g/mol.